The van der Waals surface area contributed by atoms with Crippen LogP contribution in [0.1, 0.15) is 34.1 Å². The molecule has 3 N–H and O–H groups in total. The van der Waals surface area contributed by atoms with E-state index in [1.807, 2.05) is 27.7 Å². The number of ether oxygens (including phenoxy) is 1. The first kappa shape index (κ1) is 21.2. The third-order valence-corrected chi connectivity index (χ3v) is 4.79. The Hall–Kier alpha value is -0.820. The Morgan fingerprint density at radius 3 is 2.23 bits per heavy atom. The molecule has 0 amide bonds. The summed E-state index contributed by atoms with van der Waals surface area (Å²) in [7, 11) is -3.59. The van der Waals surface area contributed by atoms with Gasteiger partial charge in [0.25, 0.3) is 0 Å². The van der Waals surface area contributed by atoms with Crippen molar-refractivity contribution in [1.82, 2.24) is 4.72 Å². The highest BCUT2D eigenvalue weighted by Gasteiger charge is 2.30. The first-order chi connectivity index (χ1) is 9.72. The number of nitrogens with one attached hydrogen (secondary N) is 1. The lowest BCUT2D eigenvalue weighted by atomic mass is 9.92. The molecule has 7 heteroatoms. The molecule has 1 aromatic carbocycles. The van der Waals surface area contributed by atoms with Crippen LogP contribution in [-0.4, -0.2) is 27.1 Å². The minimum Gasteiger partial charge on any atom is -0.494 e. The van der Waals surface area contributed by atoms with Crippen LogP contribution in [0.25, 0.3) is 0 Å². The predicted molar refractivity (Wildman–Crippen MR) is 92.1 cm³/mol. The molecular formula is C15H27ClN2O3S. The lowest BCUT2D eigenvalue weighted by Crippen LogP contribution is -2.51. The van der Waals surface area contributed by atoms with Gasteiger partial charge in [0.15, 0.2) is 0 Å². The molecule has 0 saturated carbocycles. The van der Waals surface area contributed by atoms with Gasteiger partial charge in [-0.15, -0.1) is 12.4 Å². The largest absolute Gasteiger partial charge is 0.494 e. The van der Waals surface area contributed by atoms with Crippen LogP contribution in [0, 0.1) is 5.92 Å². The standard InChI is InChI=1S/C15H26N2O3S.ClH/c1-5-20-13-6-8-14(9-7-13)21(18,19)17-15(4,11-16)10-12(2)3;/h6-9,12,17H,5,10-11,16H2,1-4H3;1H. The fourth-order valence-electron chi connectivity index (χ4n) is 2.33. The van der Waals surface area contributed by atoms with Crippen LogP contribution in [0.2, 0.25) is 0 Å². The lowest BCUT2D eigenvalue weighted by Gasteiger charge is -2.30. The first-order valence-corrected chi connectivity index (χ1v) is 8.67. The number of nitrogens with two attached hydrogens (primary N) is 1. The molecule has 22 heavy (non-hydrogen) atoms. The maximum atomic E-state index is 12.4. The predicted octanol–water partition coefficient (Wildman–Crippen LogP) is 2.55. The zero-order valence-corrected chi connectivity index (χ0v) is 15.3. The van der Waals surface area contributed by atoms with Crippen molar-refractivity contribution in [2.24, 2.45) is 11.7 Å². The van der Waals surface area contributed by atoms with E-state index < -0.39 is 15.6 Å². The van der Waals surface area contributed by atoms with Crippen molar-refractivity contribution >= 4 is 22.4 Å². The Morgan fingerprint density at radius 2 is 1.82 bits per heavy atom. The zero-order valence-electron chi connectivity index (χ0n) is 13.6. The molecule has 1 atom stereocenters. The molecule has 0 radical (unpaired) electrons. The maximum Gasteiger partial charge on any atom is 0.241 e. The maximum absolute atomic E-state index is 12.4. The molecule has 0 saturated heterocycles. The summed E-state index contributed by atoms with van der Waals surface area (Å²) >= 11 is 0. The van der Waals surface area contributed by atoms with Crippen LogP contribution in [0.5, 0.6) is 5.75 Å². The molecule has 1 rings (SSSR count). The summed E-state index contributed by atoms with van der Waals surface area (Å²) in [4.78, 5) is 0.217. The second-order valence-electron chi connectivity index (χ2n) is 5.87. The second kappa shape index (κ2) is 8.72. The topological polar surface area (TPSA) is 81.4 Å². The summed E-state index contributed by atoms with van der Waals surface area (Å²) in [5.41, 5.74) is 5.11. The van der Waals surface area contributed by atoms with Crippen LogP contribution in [0.15, 0.2) is 29.2 Å². The first-order valence-electron chi connectivity index (χ1n) is 7.19. The molecule has 0 heterocycles. The van der Waals surface area contributed by atoms with Crippen LogP contribution < -0.4 is 15.2 Å². The van der Waals surface area contributed by atoms with E-state index >= 15 is 0 Å². The molecule has 128 valence electrons. The van der Waals surface area contributed by atoms with Crippen molar-refractivity contribution in [2.45, 2.75) is 44.6 Å². The molecule has 0 spiro atoms. The minimum absolute atomic E-state index is 0. The number of hydrogen-bond donors (Lipinski definition) is 2. The van der Waals surface area contributed by atoms with Gasteiger partial charge in [-0.3, -0.25) is 0 Å². The average molecular weight is 351 g/mol. The van der Waals surface area contributed by atoms with Gasteiger partial charge in [-0.25, -0.2) is 13.1 Å². The van der Waals surface area contributed by atoms with Gasteiger partial charge in [0.05, 0.1) is 11.5 Å². The molecule has 0 aliphatic carbocycles. The van der Waals surface area contributed by atoms with Gasteiger partial charge in [0.2, 0.25) is 10.0 Å². The van der Waals surface area contributed by atoms with E-state index in [9.17, 15) is 8.42 Å². The molecule has 0 aromatic heterocycles. The molecule has 1 unspecified atom stereocenters. The van der Waals surface area contributed by atoms with Crippen molar-refractivity contribution < 1.29 is 13.2 Å². The average Bonchev–Trinajstić information content (AvgIpc) is 2.38. The number of sulfonamides is 1. The van der Waals surface area contributed by atoms with E-state index in [0.29, 0.717) is 24.7 Å². The van der Waals surface area contributed by atoms with Gasteiger partial charge < -0.3 is 10.5 Å². The highest BCUT2D eigenvalue weighted by Crippen LogP contribution is 2.21. The van der Waals surface area contributed by atoms with Crippen LogP contribution >= 0.6 is 12.4 Å². The molecular weight excluding hydrogens is 324 g/mol. The molecule has 0 bridgehead atoms. The van der Waals surface area contributed by atoms with Crippen molar-refractivity contribution in [3.8, 4) is 5.75 Å². The number of benzene rings is 1. The summed E-state index contributed by atoms with van der Waals surface area (Å²) < 4.78 is 32.9. The SMILES string of the molecule is CCOc1ccc(S(=O)(=O)NC(C)(CN)CC(C)C)cc1.Cl. The van der Waals surface area contributed by atoms with Crippen molar-refractivity contribution in [2.75, 3.05) is 13.2 Å². The lowest BCUT2D eigenvalue weighted by molar-refractivity contribution is 0.339. The van der Waals surface area contributed by atoms with Crippen LogP contribution in [-0.2, 0) is 10.0 Å². The summed E-state index contributed by atoms with van der Waals surface area (Å²) in [5.74, 6) is 1.00. The van der Waals surface area contributed by atoms with Crippen molar-refractivity contribution in [3.63, 3.8) is 0 Å². The molecule has 0 aliphatic rings. The Bertz CT molecular complexity index is 546. The van der Waals surface area contributed by atoms with E-state index in [1.165, 1.54) is 0 Å². The monoisotopic (exact) mass is 350 g/mol. The quantitative estimate of drug-likeness (QED) is 0.754. The summed E-state index contributed by atoms with van der Waals surface area (Å²) in [6.45, 7) is 8.59. The van der Waals surface area contributed by atoms with Crippen LogP contribution in [0.4, 0.5) is 0 Å². The second-order valence-corrected chi connectivity index (χ2v) is 7.56. The van der Waals surface area contributed by atoms with E-state index in [1.54, 1.807) is 24.3 Å². The van der Waals surface area contributed by atoms with Crippen molar-refractivity contribution in [1.29, 1.82) is 0 Å². The zero-order chi connectivity index (χ0) is 16.1. The van der Waals surface area contributed by atoms with E-state index in [0.717, 1.165) is 0 Å². The van der Waals surface area contributed by atoms with E-state index in [-0.39, 0.29) is 23.8 Å². The minimum atomic E-state index is -3.59. The number of halogens is 1. The van der Waals surface area contributed by atoms with E-state index in [4.69, 9.17) is 10.5 Å². The highest BCUT2D eigenvalue weighted by molar-refractivity contribution is 7.89. The Morgan fingerprint density at radius 1 is 1.27 bits per heavy atom. The molecule has 0 aliphatic heterocycles. The van der Waals surface area contributed by atoms with Gasteiger partial charge >= 0.3 is 0 Å². The molecule has 0 fully saturated rings. The normalized spacial score (nSPS) is 14.3. The van der Waals surface area contributed by atoms with Gasteiger partial charge in [-0.1, -0.05) is 13.8 Å². The Balaban J connectivity index is 0.00000441. The number of rotatable bonds is 8. The highest BCUT2D eigenvalue weighted by atomic mass is 35.5. The van der Waals surface area contributed by atoms with Gasteiger partial charge in [-0.05, 0) is 50.5 Å². The molecule has 5 nitrogen and oxygen atoms in total. The fraction of sp³-hybridized carbons (Fsp3) is 0.600. The van der Waals surface area contributed by atoms with Crippen LogP contribution in [0.3, 0.4) is 0 Å². The fourth-order valence-corrected chi connectivity index (χ4v) is 3.76. The van der Waals surface area contributed by atoms with Gasteiger partial charge in [-0.2, -0.15) is 0 Å². The summed E-state index contributed by atoms with van der Waals surface area (Å²) in [6.07, 6.45) is 0.680. The smallest absolute Gasteiger partial charge is 0.241 e. The third kappa shape index (κ3) is 6.12. The van der Waals surface area contributed by atoms with Gasteiger partial charge in [0, 0.05) is 12.1 Å². The Labute approximate surface area is 140 Å². The number of hydrogen-bond acceptors (Lipinski definition) is 4. The van der Waals surface area contributed by atoms with E-state index in [2.05, 4.69) is 4.72 Å². The Kier molecular flexibility index (Phi) is 8.39. The molecule has 1 aromatic rings. The third-order valence-electron chi connectivity index (χ3n) is 3.14. The van der Waals surface area contributed by atoms with Gasteiger partial charge in [0.1, 0.15) is 5.75 Å². The summed E-state index contributed by atoms with van der Waals surface area (Å²) in [5, 5.41) is 0. The summed E-state index contributed by atoms with van der Waals surface area (Å²) in [6, 6.07) is 6.39. The van der Waals surface area contributed by atoms with Crippen molar-refractivity contribution in [3.05, 3.63) is 24.3 Å².